The van der Waals surface area contributed by atoms with Crippen LogP contribution in [-0.2, 0) is 14.4 Å². The average Bonchev–Trinajstić information content (AvgIpc) is 2.93. The van der Waals surface area contributed by atoms with Crippen LogP contribution in [0.1, 0.15) is 30.0 Å². The number of aliphatic hydroxyl groups excluding tert-OH is 1. The van der Waals surface area contributed by atoms with Crippen molar-refractivity contribution in [1.29, 1.82) is 0 Å². The van der Waals surface area contributed by atoms with Crippen molar-refractivity contribution >= 4 is 35.0 Å². The van der Waals surface area contributed by atoms with Crippen LogP contribution in [0.3, 0.4) is 0 Å². The Labute approximate surface area is 166 Å². The summed E-state index contributed by atoms with van der Waals surface area (Å²) in [5, 5.41) is 22.0. The molecule has 1 amide bonds. The van der Waals surface area contributed by atoms with Crippen molar-refractivity contribution < 1.29 is 24.6 Å². The maximum Gasteiger partial charge on any atom is 0.295 e. The number of likely N-dealkylation sites (tertiary alicyclic amines) is 1. The van der Waals surface area contributed by atoms with E-state index >= 15 is 0 Å². The summed E-state index contributed by atoms with van der Waals surface area (Å²) < 4.78 is 0. The summed E-state index contributed by atoms with van der Waals surface area (Å²) in [5.41, 5.74) is 0.968. The number of carboxylic acids is 1. The van der Waals surface area contributed by atoms with Crippen LogP contribution in [0.25, 0.3) is 5.76 Å². The second-order valence-corrected chi connectivity index (χ2v) is 6.82. The fourth-order valence-corrected chi connectivity index (χ4v) is 3.38. The molecule has 0 radical (unpaired) electrons. The zero-order valence-electron chi connectivity index (χ0n) is 14.8. The third kappa shape index (κ3) is 3.92. The van der Waals surface area contributed by atoms with E-state index in [-0.39, 0.29) is 30.7 Å². The van der Waals surface area contributed by atoms with Gasteiger partial charge >= 0.3 is 0 Å². The number of Topliss-reactive ketones (excluding diaryl/α,β-unsaturated/α-hetero) is 1. The van der Waals surface area contributed by atoms with Crippen LogP contribution in [0, 0.1) is 0 Å². The maximum absolute atomic E-state index is 12.7. The topological polar surface area (TPSA) is 97.7 Å². The predicted octanol–water partition coefficient (Wildman–Crippen LogP) is 2.29. The molecule has 144 valence electrons. The minimum atomic E-state index is -1.23. The van der Waals surface area contributed by atoms with E-state index in [9.17, 15) is 24.6 Å². The summed E-state index contributed by atoms with van der Waals surface area (Å²) in [6.45, 7) is 0.0511. The van der Waals surface area contributed by atoms with E-state index in [4.69, 9.17) is 11.6 Å². The number of halogens is 1. The Hall–Kier alpha value is -3.12. The lowest BCUT2D eigenvalue weighted by atomic mass is 9.95. The van der Waals surface area contributed by atoms with E-state index in [0.717, 1.165) is 0 Å². The van der Waals surface area contributed by atoms with Gasteiger partial charge in [-0.25, -0.2) is 0 Å². The largest absolute Gasteiger partial charge is 0.550 e. The van der Waals surface area contributed by atoms with Crippen molar-refractivity contribution in [2.45, 2.75) is 18.9 Å². The Morgan fingerprint density at radius 3 is 2.32 bits per heavy atom. The zero-order valence-corrected chi connectivity index (χ0v) is 15.6. The summed E-state index contributed by atoms with van der Waals surface area (Å²) in [5.74, 6) is -3.11. The van der Waals surface area contributed by atoms with Crippen molar-refractivity contribution in [2.75, 3.05) is 6.54 Å². The molecule has 0 spiro atoms. The van der Waals surface area contributed by atoms with Gasteiger partial charge in [-0.2, -0.15) is 0 Å². The average molecular weight is 399 g/mol. The number of carbonyl (C=O) groups excluding carboxylic acids is 3. The molecule has 2 aromatic carbocycles. The second-order valence-electron chi connectivity index (χ2n) is 6.39. The molecule has 1 fully saturated rings. The molecule has 0 unspecified atom stereocenters. The first kappa shape index (κ1) is 19.6. The van der Waals surface area contributed by atoms with Gasteiger partial charge in [-0.3, -0.25) is 9.59 Å². The van der Waals surface area contributed by atoms with Gasteiger partial charge in [-0.05, 0) is 42.7 Å². The number of benzene rings is 2. The first-order valence-electron chi connectivity index (χ1n) is 8.69. The summed E-state index contributed by atoms with van der Waals surface area (Å²) >= 11 is 5.88. The highest BCUT2D eigenvalue weighted by atomic mass is 35.5. The number of carboxylic acid groups (broad SMARTS) is 1. The van der Waals surface area contributed by atoms with Crippen LogP contribution in [0.5, 0.6) is 0 Å². The van der Waals surface area contributed by atoms with Gasteiger partial charge in [0.1, 0.15) is 5.76 Å². The van der Waals surface area contributed by atoms with Crippen molar-refractivity contribution in [2.24, 2.45) is 0 Å². The zero-order chi connectivity index (χ0) is 20.3. The maximum atomic E-state index is 12.7. The first-order chi connectivity index (χ1) is 13.4. The minimum Gasteiger partial charge on any atom is -0.550 e. The number of amides is 1. The van der Waals surface area contributed by atoms with E-state index < -0.39 is 23.7 Å². The van der Waals surface area contributed by atoms with Crippen LogP contribution in [0.2, 0.25) is 5.02 Å². The Bertz CT molecular complexity index is 937. The molecule has 0 saturated carbocycles. The quantitative estimate of drug-likeness (QED) is 0.457. The fraction of sp³-hybridized carbons (Fsp3) is 0.190. The van der Waals surface area contributed by atoms with Gasteiger partial charge in [0.25, 0.3) is 11.7 Å². The molecular weight excluding hydrogens is 382 g/mol. The number of ketones is 1. The Morgan fingerprint density at radius 2 is 1.71 bits per heavy atom. The number of nitrogens with zero attached hydrogens (tertiary/aromatic N) is 1. The molecule has 3 rings (SSSR count). The van der Waals surface area contributed by atoms with E-state index in [1.165, 1.54) is 4.90 Å². The van der Waals surface area contributed by atoms with E-state index in [0.29, 0.717) is 16.1 Å². The Kier molecular flexibility index (Phi) is 5.80. The SMILES string of the molecule is O=C([O-])CCCN1C(=O)C(=O)C(=C(O)c2ccc(Cl)cc2)[C@@H]1c1ccccc1. The van der Waals surface area contributed by atoms with Gasteiger partial charge in [-0.1, -0.05) is 41.9 Å². The highest BCUT2D eigenvalue weighted by Crippen LogP contribution is 2.39. The van der Waals surface area contributed by atoms with Crippen LogP contribution in [0.4, 0.5) is 0 Å². The fourth-order valence-electron chi connectivity index (χ4n) is 3.25. The summed E-state index contributed by atoms with van der Waals surface area (Å²) in [6, 6.07) is 14.3. The van der Waals surface area contributed by atoms with E-state index in [2.05, 4.69) is 0 Å². The van der Waals surface area contributed by atoms with Crippen LogP contribution in [0.15, 0.2) is 60.2 Å². The lowest BCUT2D eigenvalue weighted by Crippen LogP contribution is -2.32. The van der Waals surface area contributed by atoms with Crippen LogP contribution < -0.4 is 5.11 Å². The van der Waals surface area contributed by atoms with Gasteiger partial charge in [0.05, 0.1) is 11.6 Å². The molecule has 0 aromatic heterocycles. The summed E-state index contributed by atoms with van der Waals surface area (Å²) in [6.07, 6.45) is -0.0959. The molecule has 28 heavy (non-hydrogen) atoms. The van der Waals surface area contributed by atoms with Crippen molar-refractivity contribution in [3.63, 3.8) is 0 Å². The molecule has 1 heterocycles. The Balaban J connectivity index is 2.07. The monoisotopic (exact) mass is 398 g/mol. The first-order valence-corrected chi connectivity index (χ1v) is 9.07. The lowest BCUT2D eigenvalue weighted by Gasteiger charge is -2.25. The smallest absolute Gasteiger partial charge is 0.295 e. The number of aliphatic carboxylic acids is 1. The van der Waals surface area contributed by atoms with E-state index in [1.54, 1.807) is 54.6 Å². The lowest BCUT2D eigenvalue weighted by molar-refractivity contribution is -0.305. The van der Waals surface area contributed by atoms with Gasteiger partial charge < -0.3 is 19.9 Å². The molecule has 0 aliphatic carbocycles. The van der Waals surface area contributed by atoms with Gasteiger partial charge in [0.15, 0.2) is 0 Å². The Morgan fingerprint density at radius 1 is 1.07 bits per heavy atom. The third-order valence-electron chi connectivity index (χ3n) is 4.55. The number of hydrogen-bond acceptors (Lipinski definition) is 5. The molecule has 6 nitrogen and oxygen atoms in total. The number of hydrogen-bond donors (Lipinski definition) is 1. The highest BCUT2D eigenvalue weighted by molar-refractivity contribution is 6.46. The van der Waals surface area contributed by atoms with Gasteiger partial charge in [0, 0.05) is 23.1 Å². The predicted molar refractivity (Wildman–Crippen MR) is 101 cm³/mol. The molecule has 1 N–H and O–H groups in total. The van der Waals surface area contributed by atoms with Crippen LogP contribution >= 0.6 is 11.6 Å². The van der Waals surface area contributed by atoms with Crippen molar-refractivity contribution in [3.05, 3.63) is 76.3 Å². The van der Waals surface area contributed by atoms with Gasteiger partial charge in [-0.15, -0.1) is 0 Å². The standard InChI is InChI=1S/C21H18ClNO5/c22-15-10-8-14(9-11-15)19(26)17-18(13-5-2-1-3-6-13)23(21(28)20(17)27)12-4-7-16(24)25/h1-3,5-6,8-11,18,26H,4,7,12H2,(H,24,25)/p-1/t18-/m0/s1. The van der Waals surface area contributed by atoms with Gasteiger partial charge in [0.2, 0.25) is 0 Å². The molecule has 7 heteroatoms. The molecule has 1 atom stereocenters. The minimum absolute atomic E-state index is 0.0352. The molecule has 1 saturated heterocycles. The molecule has 2 aromatic rings. The number of carbonyl (C=O) groups is 3. The number of rotatable bonds is 6. The van der Waals surface area contributed by atoms with Crippen molar-refractivity contribution in [3.8, 4) is 0 Å². The van der Waals surface area contributed by atoms with Crippen molar-refractivity contribution in [1.82, 2.24) is 4.90 Å². The number of aliphatic hydroxyl groups is 1. The third-order valence-corrected chi connectivity index (χ3v) is 4.80. The molecule has 1 aliphatic heterocycles. The highest BCUT2D eigenvalue weighted by Gasteiger charge is 2.45. The normalized spacial score (nSPS) is 18.5. The van der Waals surface area contributed by atoms with Crippen LogP contribution in [-0.4, -0.2) is 34.2 Å². The summed E-state index contributed by atoms with van der Waals surface area (Å²) in [4.78, 5) is 37.3. The molecule has 1 aliphatic rings. The second kappa shape index (κ2) is 8.27. The molecule has 0 bridgehead atoms. The van der Waals surface area contributed by atoms with E-state index in [1.807, 2.05) is 0 Å². The molecular formula is C21H17ClNO5-. The summed E-state index contributed by atoms with van der Waals surface area (Å²) in [7, 11) is 0.